The van der Waals surface area contributed by atoms with Crippen molar-refractivity contribution in [2.75, 3.05) is 5.32 Å². The van der Waals surface area contributed by atoms with Gasteiger partial charge in [-0.15, -0.1) is 0 Å². The smallest absolute Gasteiger partial charge is 0.306 e. The topological polar surface area (TPSA) is 66.4 Å². The predicted octanol–water partition coefficient (Wildman–Crippen LogP) is 2.68. The van der Waals surface area contributed by atoms with Gasteiger partial charge >= 0.3 is 5.97 Å². The van der Waals surface area contributed by atoms with Crippen molar-refractivity contribution < 1.29 is 32.3 Å². The summed E-state index contributed by atoms with van der Waals surface area (Å²) in [4.78, 5) is 22.6. The van der Waals surface area contributed by atoms with Crippen molar-refractivity contribution in [3.8, 4) is 0 Å². The molecular formula is C13H11F4NO3. The van der Waals surface area contributed by atoms with Gasteiger partial charge in [-0.3, -0.25) is 9.59 Å². The van der Waals surface area contributed by atoms with E-state index in [4.69, 9.17) is 5.11 Å². The number of anilines is 1. The molecule has 0 aromatic heterocycles. The van der Waals surface area contributed by atoms with E-state index in [9.17, 15) is 27.2 Å². The number of carbonyl (C=O) groups is 2. The van der Waals surface area contributed by atoms with Gasteiger partial charge in [-0.05, 0) is 19.3 Å². The van der Waals surface area contributed by atoms with Gasteiger partial charge in [0.05, 0.1) is 5.92 Å². The molecule has 2 N–H and O–H groups in total. The van der Waals surface area contributed by atoms with Gasteiger partial charge in [0, 0.05) is 12.0 Å². The van der Waals surface area contributed by atoms with E-state index < -0.39 is 52.7 Å². The van der Waals surface area contributed by atoms with Gasteiger partial charge < -0.3 is 10.4 Å². The third-order valence-corrected chi connectivity index (χ3v) is 3.51. The number of carboxylic acid groups (broad SMARTS) is 1. The van der Waals surface area contributed by atoms with Gasteiger partial charge in [0.1, 0.15) is 5.69 Å². The van der Waals surface area contributed by atoms with E-state index in [0.29, 0.717) is 0 Å². The Morgan fingerprint density at radius 3 is 2.05 bits per heavy atom. The highest BCUT2D eigenvalue weighted by Crippen LogP contribution is 2.33. The molecule has 1 amide bonds. The summed E-state index contributed by atoms with van der Waals surface area (Å²) >= 11 is 0. The van der Waals surface area contributed by atoms with Crippen molar-refractivity contribution >= 4 is 17.6 Å². The van der Waals surface area contributed by atoms with Crippen molar-refractivity contribution in [2.45, 2.75) is 19.3 Å². The Balaban J connectivity index is 2.16. The number of hydrogen-bond acceptors (Lipinski definition) is 2. The Hall–Kier alpha value is -2.12. The SMILES string of the molecule is O=C(O)[C@H]1CC[C@@H](C(=O)Nc2c(F)c(F)cc(F)c2F)C1. The zero-order valence-electron chi connectivity index (χ0n) is 10.6. The van der Waals surface area contributed by atoms with E-state index in [2.05, 4.69) is 0 Å². The van der Waals surface area contributed by atoms with Gasteiger partial charge in [-0.1, -0.05) is 0 Å². The minimum Gasteiger partial charge on any atom is -0.481 e. The summed E-state index contributed by atoms with van der Waals surface area (Å²) in [7, 11) is 0. The molecule has 0 unspecified atom stereocenters. The van der Waals surface area contributed by atoms with E-state index in [-0.39, 0.29) is 25.3 Å². The van der Waals surface area contributed by atoms with E-state index in [0.717, 1.165) is 0 Å². The predicted molar refractivity (Wildman–Crippen MR) is 63.4 cm³/mol. The first kappa shape index (κ1) is 15.3. The molecule has 1 aliphatic carbocycles. The second-order valence-corrected chi connectivity index (χ2v) is 4.88. The van der Waals surface area contributed by atoms with Crippen LogP contribution in [-0.4, -0.2) is 17.0 Å². The van der Waals surface area contributed by atoms with Crippen LogP contribution in [0.3, 0.4) is 0 Å². The van der Waals surface area contributed by atoms with Crippen LogP contribution in [0, 0.1) is 35.1 Å². The second-order valence-electron chi connectivity index (χ2n) is 4.88. The zero-order chi connectivity index (χ0) is 15.7. The maximum Gasteiger partial charge on any atom is 0.306 e. The Bertz CT molecular complexity index is 579. The molecule has 2 atom stereocenters. The molecule has 0 heterocycles. The lowest BCUT2D eigenvalue weighted by molar-refractivity contribution is -0.141. The summed E-state index contributed by atoms with van der Waals surface area (Å²) in [6.07, 6.45) is 0.502. The summed E-state index contributed by atoms with van der Waals surface area (Å²) < 4.78 is 52.8. The van der Waals surface area contributed by atoms with Crippen LogP contribution in [0.5, 0.6) is 0 Å². The standard InChI is InChI=1S/C13H11F4NO3/c14-7-4-8(15)10(17)11(9(7)16)18-12(19)5-1-2-6(3-5)13(20)21/h4-6H,1-3H2,(H,18,19)(H,20,21)/t5-,6+/m1/s1. The lowest BCUT2D eigenvalue weighted by Crippen LogP contribution is -2.23. The van der Waals surface area contributed by atoms with Crippen LogP contribution in [0.4, 0.5) is 23.2 Å². The Kier molecular flexibility index (Phi) is 4.15. The number of carboxylic acids is 1. The van der Waals surface area contributed by atoms with Gasteiger partial charge in [0.25, 0.3) is 0 Å². The molecule has 8 heteroatoms. The fourth-order valence-corrected chi connectivity index (χ4v) is 2.35. The first-order valence-corrected chi connectivity index (χ1v) is 6.18. The maximum atomic E-state index is 13.4. The van der Waals surface area contributed by atoms with Crippen molar-refractivity contribution in [3.63, 3.8) is 0 Å². The highest BCUT2D eigenvalue weighted by Gasteiger charge is 2.34. The second kappa shape index (κ2) is 5.71. The quantitative estimate of drug-likeness (QED) is 0.666. The third kappa shape index (κ3) is 2.98. The summed E-state index contributed by atoms with van der Waals surface area (Å²) in [6.45, 7) is 0. The average molecular weight is 305 g/mol. The minimum atomic E-state index is -1.70. The van der Waals surface area contributed by atoms with Crippen LogP contribution in [0.25, 0.3) is 0 Å². The molecule has 1 fully saturated rings. The fraction of sp³-hybridized carbons (Fsp3) is 0.385. The van der Waals surface area contributed by atoms with Crippen molar-refractivity contribution in [1.82, 2.24) is 0 Å². The molecular weight excluding hydrogens is 294 g/mol. The number of benzene rings is 1. The number of carbonyl (C=O) groups excluding carboxylic acids is 1. The van der Waals surface area contributed by atoms with Gasteiger partial charge in [-0.2, -0.15) is 0 Å². The zero-order valence-corrected chi connectivity index (χ0v) is 10.6. The maximum absolute atomic E-state index is 13.4. The summed E-state index contributed by atoms with van der Waals surface area (Å²) in [5, 5.41) is 10.6. The van der Waals surface area contributed by atoms with Crippen LogP contribution >= 0.6 is 0 Å². The monoisotopic (exact) mass is 305 g/mol. The highest BCUT2D eigenvalue weighted by molar-refractivity contribution is 5.93. The molecule has 1 saturated carbocycles. The molecule has 21 heavy (non-hydrogen) atoms. The summed E-state index contributed by atoms with van der Waals surface area (Å²) in [6, 6.07) is 0.0380. The largest absolute Gasteiger partial charge is 0.481 e. The Morgan fingerprint density at radius 2 is 1.57 bits per heavy atom. The molecule has 0 saturated heterocycles. The molecule has 1 aliphatic rings. The van der Waals surface area contributed by atoms with Gasteiger partial charge in [0.2, 0.25) is 5.91 Å². The number of nitrogens with one attached hydrogen (secondary N) is 1. The Morgan fingerprint density at radius 1 is 1.05 bits per heavy atom. The Labute approximate surface area is 116 Å². The van der Waals surface area contributed by atoms with Crippen molar-refractivity contribution in [2.24, 2.45) is 11.8 Å². The molecule has 114 valence electrons. The van der Waals surface area contributed by atoms with Crippen LogP contribution in [-0.2, 0) is 9.59 Å². The molecule has 1 aromatic rings. The highest BCUT2D eigenvalue weighted by atomic mass is 19.2. The first-order valence-electron chi connectivity index (χ1n) is 6.18. The number of amides is 1. The normalized spacial score (nSPS) is 21.3. The van der Waals surface area contributed by atoms with Crippen molar-refractivity contribution in [3.05, 3.63) is 29.3 Å². The number of aliphatic carboxylic acids is 1. The van der Waals surface area contributed by atoms with Crippen LogP contribution in [0.15, 0.2) is 6.07 Å². The van der Waals surface area contributed by atoms with Gasteiger partial charge in [-0.25, -0.2) is 17.6 Å². The molecule has 0 spiro atoms. The first-order chi connectivity index (χ1) is 9.81. The molecule has 2 rings (SSSR count). The fourth-order valence-electron chi connectivity index (χ4n) is 2.35. The molecule has 4 nitrogen and oxygen atoms in total. The molecule has 0 bridgehead atoms. The summed E-state index contributed by atoms with van der Waals surface area (Å²) in [5.74, 6) is -10.0. The summed E-state index contributed by atoms with van der Waals surface area (Å²) in [5.41, 5.74) is -1.20. The molecule has 1 aromatic carbocycles. The van der Waals surface area contributed by atoms with Crippen LogP contribution < -0.4 is 5.32 Å². The van der Waals surface area contributed by atoms with Crippen LogP contribution in [0.2, 0.25) is 0 Å². The van der Waals surface area contributed by atoms with Crippen LogP contribution in [0.1, 0.15) is 19.3 Å². The van der Waals surface area contributed by atoms with E-state index in [1.54, 1.807) is 5.32 Å². The average Bonchev–Trinajstić information content (AvgIpc) is 2.91. The minimum absolute atomic E-state index is 0.0161. The van der Waals surface area contributed by atoms with Gasteiger partial charge in [0.15, 0.2) is 23.3 Å². The number of halogens is 4. The molecule has 0 radical (unpaired) electrons. The van der Waals surface area contributed by atoms with E-state index >= 15 is 0 Å². The number of hydrogen-bond donors (Lipinski definition) is 2. The number of rotatable bonds is 3. The van der Waals surface area contributed by atoms with Crippen molar-refractivity contribution in [1.29, 1.82) is 0 Å². The van der Waals surface area contributed by atoms with E-state index in [1.165, 1.54) is 0 Å². The lowest BCUT2D eigenvalue weighted by atomic mass is 10.0. The van der Waals surface area contributed by atoms with E-state index in [1.807, 2.05) is 0 Å². The third-order valence-electron chi connectivity index (χ3n) is 3.51. The molecule has 0 aliphatic heterocycles. The lowest BCUT2D eigenvalue weighted by Gasteiger charge is -2.12.